The fraction of sp³-hybridized carbons (Fsp3) is 0.188. The summed E-state index contributed by atoms with van der Waals surface area (Å²) in [6.07, 6.45) is 0. The second-order valence-electron chi connectivity index (χ2n) is 5.11. The molecule has 2 aromatic carbocycles. The Morgan fingerprint density at radius 3 is 1.75 bits per heavy atom. The van der Waals surface area contributed by atoms with Crippen molar-refractivity contribution in [3.63, 3.8) is 0 Å². The topological polar surface area (TPSA) is 103 Å². The average Bonchev–Trinajstić information content (AvgIpc) is 2.46. The number of carbonyl (C=O) groups is 1. The lowest BCUT2D eigenvalue weighted by molar-refractivity contribution is -0.385. The third-order valence-corrected chi connectivity index (χ3v) is 3.37. The van der Waals surface area contributed by atoms with E-state index in [1.54, 1.807) is 13.0 Å². The molecule has 0 unspecified atom stereocenters. The summed E-state index contributed by atoms with van der Waals surface area (Å²) in [4.78, 5) is 30.8. The number of aryl methyl sites for hydroxylation is 2. The third-order valence-electron chi connectivity index (χ3n) is 2.92. The van der Waals surface area contributed by atoms with Gasteiger partial charge in [-0.05, 0) is 44.0 Å². The molecule has 0 aliphatic rings. The van der Waals surface area contributed by atoms with Crippen LogP contribution in [0.4, 0.5) is 11.4 Å². The number of non-ortho nitro benzene ring substituents is 2. The molecule has 0 aliphatic heterocycles. The summed E-state index contributed by atoms with van der Waals surface area (Å²) >= 11 is 3.18. The molecule has 0 heterocycles. The van der Waals surface area contributed by atoms with Crippen molar-refractivity contribution in [1.82, 2.24) is 0 Å². The molecule has 2 aromatic rings. The Morgan fingerprint density at radius 1 is 0.875 bits per heavy atom. The van der Waals surface area contributed by atoms with Crippen molar-refractivity contribution < 1.29 is 14.6 Å². The van der Waals surface area contributed by atoms with E-state index in [1.807, 2.05) is 13.0 Å². The van der Waals surface area contributed by atoms with Gasteiger partial charge in [-0.2, -0.15) is 0 Å². The van der Waals surface area contributed by atoms with Gasteiger partial charge in [0.2, 0.25) is 0 Å². The Kier molecular flexibility index (Phi) is 6.72. The first-order chi connectivity index (χ1) is 11.1. The summed E-state index contributed by atoms with van der Waals surface area (Å²) in [5.74, 6) is -0.160. The molecule has 0 saturated heterocycles. The molecule has 0 aromatic heterocycles. The number of nitro groups is 2. The molecule has 7 nitrogen and oxygen atoms in total. The Hall–Kier alpha value is -2.61. The smallest absolute Gasteiger partial charge is 0.270 e. The van der Waals surface area contributed by atoms with Crippen LogP contribution < -0.4 is 0 Å². The van der Waals surface area contributed by atoms with Crippen LogP contribution in [0.5, 0.6) is 0 Å². The molecule has 2 rings (SSSR count). The minimum Gasteiger partial charge on any atom is -0.295 e. The molecule has 0 fully saturated rings. The van der Waals surface area contributed by atoms with Crippen molar-refractivity contribution in [1.29, 1.82) is 0 Å². The van der Waals surface area contributed by atoms with Crippen molar-refractivity contribution in [3.8, 4) is 0 Å². The number of rotatable bonds is 3. The van der Waals surface area contributed by atoms with Gasteiger partial charge in [0, 0.05) is 34.3 Å². The number of nitro benzene ring substituents is 2. The Bertz CT molecular complexity index is 753. The average molecular weight is 395 g/mol. The quantitative estimate of drug-likeness (QED) is 0.423. The molecule has 24 heavy (non-hydrogen) atoms. The summed E-state index contributed by atoms with van der Waals surface area (Å²) in [6, 6.07) is 9.20. The van der Waals surface area contributed by atoms with Gasteiger partial charge in [-0.15, -0.1) is 0 Å². The van der Waals surface area contributed by atoms with Crippen LogP contribution in [0.25, 0.3) is 0 Å². The fourth-order valence-electron chi connectivity index (χ4n) is 1.89. The Morgan fingerprint density at radius 2 is 1.33 bits per heavy atom. The summed E-state index contributed by atoms with van der Waals surface area (Å²) in [7, 11) is 0. The highest BCUT2D eigenvalue weighted by atomic mass is 79.9. The predicted octanol–water partition coefficient (Wildman–Crippen LogP) is 4.77. The minimum absolute atomic E-state index is 0.0369. The fourth-order valence-corrected chi connectivity index (χ4v) is 2.49. The molecule has 0 saturated carbocycles. The molecule has 0 aliphatic carbocycles. The highest BCUT2D eigenvalue weighted by Crippen LogP contribution is 2.20. The van der Waals surface area contributed by atoms with Crippen molar-refractivity contribution in [2.45, 2.75) is 20.8 Å². The van der Waals surface area contributed by atoms with Crippen LogP contribution in [0.2, 0.25) is 0 Å². The zero-order valence-corrected chi connectivity index (χ0v) is 14.9. The van der Waals surface area contributed by atoms with Crippen LogP contribution in [0.3, 0.4) is 0 Å². The first kappa shape index (κ1) is 19.4. The lowest BCUT2D eigenvalue weighted by Gasteiger charge is -1.98. The van der Waals surface area contributed by atoms with Crippen molar-refractivity contribution >= 4 is 33.1 Å². The van der Waals surface area contributed by atoms with Gasteiger partial charge < -0.3 is 0 Å². The Balaban J connectivity index is 0.000000243. The van der Waals surface area contributed by atoms with E-state index in [-0.39, 0.29) is 17.2 Å². The monoisotopic (exact) mass is 394 g/mol. The lowest BCUT2D eigenvalue weighted by Crippen LogP contribution is -1.96. The first-order valence-corrected chi connectivity index (χ1v) is 7.58. The number of halogens is 1. The molecule has 8 heteroatoms. The van der Waals surface area contributed by atoms with Crippen molar-refractivity contribution in [2.75, 3.05) is 0 Å². The van der Waals surface area contributed by atoms with Crippen LogP contribution in [0.15, 0.2) is 40.9 Å². The number of hydrogen-bond acceptors (Lipinski definition) is 5. The normalized spacial score (nSPS) is 9.67. The zero-order chi connectivity index (χ0) is 18.4. The maximum atomic E-state index is 10.9. The van der Waals surface area contributed by atoms with Gasteiger partial charge >= 0.3 is 0 Å². The van der Waals surface area contributed by atoms with Crippen LogP contribution >= 0.6 is 15.9 Å². The molecule has 0 radical (unpaired) electrons. The highest BCUT2D eigenvalue weighted by molar-refractivity contribution is 9.10. The first-order valence-electron chi connectivity index (χ1n) is 6.78. The van der Waals surface area contributed by atoms with E-state index in [1.165, 1.54) is 31.2 Å². The number of benzene rings is 2. The van der Waals surface area contributed by atoms with Crippen molar-refractivity contribution in [2.24, 2.45) is 0 Å². The summed E-state index contributed by atoms with van der Waals surface area (Å²) < 4.78 is 0.740. The zero-order valence-electron chi connectivity index (χ0n) is 13.3. The maximum Gasteiger partial charge on any atom is 0.270 e. The number of nitrogens with zero attached hydrogens (tertiary/aromatic N) is 2. The predicted molar refractivity (Wildman–Crippen MR) is 93.4 cm³/mol. The van der Waals surface area contributed by atoms with Gasteiger partial charge in [0.1, 0.15) is 0 Å². The standard InChI is InChI=1S/C9H9NO3.C7H6BrNO2/c1-6-3-8(7(2)11)5-9(4-6)10(12)13;1-5-2-6(8)4-7(3-5)9(10)11/h3-5H,1-2H3;2-4H,1H3. The summed E-state index contributed by atoms with van der Waals surface area (Å²) in [6.45, 7) is 4.93. The van der Waals surface area contributed by atoms with Crippen molar-refractivity contribution in [3.05, 3.63) is 77.8 Å². The summed E-state index contributed by atoms with van der Waals surface area (Å²) in [5, 5.41) is 20.7. The number of hydrogen-bond donors (Lipinski definition) is 0. The van der Waals surface area contributed by atoms with Crippen LogP contribution in [0.1, 0.15) is 28.4 Å². The van der Waals surface area contributed by atoms with Crippen LogP contribution in [-0.4, -0.2) is 15.6 Å². The van der Waals surface area contributed by atoms with Gasteiger partial charge in [-0.3, -0.25) is 25.0 Å². The van der Waals surface area contributed by atoms with E-state index < -0.39 is 9.85 Å². The van der Waals surface area contributed by atoms with E-state index in [9.17, 15) is 25.0 Å². The summed E-state index contributed by atoms with van der Waals surface area (Å²) in [5.41, 5.74) is 2.07. The maximum absolute atomic E-state index is 10.9. The second kappa shape index (κ2) is 8.30. The minimum atomic E-state index is -0.501. The number of carbonyl (C=O) groups excluding carboxylic acids is 1. The van der Waals surface area contributed by atoms with Gasteiger partial charge in [-0.25, -0.2) is 0 Å². The highest BCUT2D eigenvalue weighted by Gasteiger charge is 2.09. The van der Waals surface area contributed by atoms with Gasteiger partial charge in [0.05, 0.1) is 9.85 Å². The molecular weight excluding hydrogens is 380 g/mol. The van der Waals surface area contributed by atoms with Crippen LogP contribution in [0, 0.1) is 34.1 Å². The van der Waals surface area contributed by atoms with Crippen LogP contribution in [-0.2, 0) is 0 Å². The van der Waals surface area contributed by atoms with Gasteiger partial charge in [0.15, 0.2) is 5.78 Å². The molecule has 0 spiro atoms. The number of ketones is 1. The van der Waals surface area contributed by atoms with E-state index >= 15 is 0 Å². The SMILES string of the molecule is CC(=O)c1cc(C)cc([N+](=O)[O-])c1.Cc1cc(Br)cc([N+](=O)[O-])c1. The molecule has 0 bridgehead atoms. The molecule has 0 N–H and O–H groups in total. The Labute approximate surface area is 146 Å². The lowest BCUT2D eigenvalue weighted by atomic mass is 10.1. The third kappa shape index (κ3) is 5.88. The largest absolute Gasteiger partial charge is 0.295 e. The van der Waals surface area contributed by atoms with Gasteiger partial charge in [-0.1, -0.05) is 15.9 Å². The molecule has 126 valence electrons. The second-order valence-corrected chi connectivity index (χ2v) is 6.03. The van der Waals surface area contributed by atoms with E-state index in [0.717, 1.165) is 15.6 Å². The van der Waals surface area contributed by atoms with E-state index in [2.05, 4.69) is 15.9 Å². The van der Waals surface area contributed by atoms with E-state index in [4.69, 9.17) is 0 Å². The van der Waals surface area contributed by atoms with E-state index in [0.29, 0.717) is 5.56 Å². The molecule has 0 amide bonds. The van der Waals surface area contributed by atoms with Gasteiger partial charge in [0.25, 0.3) is 11.4 Å². The molecule has 0 atom stereocenters. The number of Topliss-reactive ketones (excluding diaryl/α,β-unsaturated/α-hetero) is 1. The molecular formula is C16H15BrN2O5.